The van der Waals surface area contributed by atoms with E-state index in [0.29, 0.717) is 34.8 Å². The van der Waals surface area contributed by atoms with Crippen molar-refractivity contribution >= 4 is 27.4 Å². The van der Waals surface area contributed by atoms with Crippen molar-refractivity contribution in [1.82, 2.24) is 0 Å². The Bertz CT molecular complexity index is 516. The lowest BCUT2D eigenvalue weighted by molar-refractivity contribution is 0.0750. The van der Waals surface area contributed by atoms with E-state index in [9.17, 15) is 4.79 Å². The summed E-state index contributed by atoms with van der Waals surface area (Å²) in [6.45, 7) is 0.573. The maximum atomic E-state index is 11.3. The number of esters is 1. The SMILES string of the molecule is O=C1Oc2c(OCCC[Si])c3cc1c2o3. The third kappa shape index (κ3) is 1.10. The maximum Gasteiger partial charge on any atom is 0.347 e. The Labute approximate surface area is 88.9 Å². The number of carbonyl (C=O) groups excluding carboxylic acids is 1. The molecule has 15 heavy (non-hydrogen) atoms. The molecular formula is C10H7O4Si. The van der Waals surface area contributed by atoms with E-state index in [4.69, 9.17) is 13.9 Å². The molecule has 0 atom stereocenters. The molecule has 0 N–H and O–H groups in total. The van der Waals surface area contributed by atoms with Gasteiger partial charge >= 0.3 is 5.97 Å². The maximum absolute atomic E-state index is 11.3. The fourth-order valence-corrected chi connectivity index (χ4v) is 1.81. The van der Waals surface area contributed by atoms with Crippen LogP contribution in [0.15, 0.2) is 10.5 Å². The fraction of sp³-hybridized carbons (Fsp3) is 0.300. The van der Waals surface area contributed by atoms with Gasteiger partial charge in [-0.2, -0.15) is 0 Å². The zero-order valence-electron chi connectivity index (χ0n) is 7.83. The molecule has 0 saturated carbocycles. The van der Waals surface area contributed by atoms with E-state index in [0.717, 1.165) is 12.5 Å². The number of ether oxygens (including phenoxy) is 2. The second-order valence-electron chi connectivity index (χ2n) is 3.35. The van der Waals surface area contributed by atoms with Crippen LogP contribution >= 0.6 is 0 Å². The molecule has 5 heteroatoms. The van der Waals surface area contributed by atoms with Gasteiger partial charge in [0.2, 0.25) is 11.5 Å². The largest absolute Gasteiger partial charge is 0.486 e. The monoisotopic (exact) mass is 219 g/mol. The molecule has 1 aliphatic heterocycles. The first-order valence-electron chi connectivity index (χ1n) is 4.69. The average molecular weight is 219 g/mol. The Balaban J connectivity index is 1.92. The van der Waals surface area contributed by atoms with Crippen LogP contribution in [0.2, 0.25) is 6.04 Å². The number of furan rings is 2. The first-order valence-corrected chi connectivity index (χ1v) is 5.40. The molecule has 0 unspecified atom stereocenters. The van der Waals surface area contributed by atoms with Crippen molar-refractivity contribution in [3.8, 4) is 11.5 Å². The van der Waals surface area contributed by atoms with Gasteiger partial charge in [0.15, 0.2) is 11.2 Å². The minimum Gasteiger partial charge on any atom is -0.486 e. The van der Waals surface area contributed by atoms with Crippen molar-refractivity contribution in [3.63, 3.8) is 0 Å². The Morgan fingerprint density at radius 3 is 3.13 bits per heavy atom. The van der Waals surface area contributed by atoms with Gasteiger partial charge in [-0.3, -0.25) is 0 Å². The molecule has 4 nitrogen and oxygen atoms in total. The molecule has 3 rings (SSSR count). The molecular weight excluding hydrogens is 212 g/mol. The van der Waals surface area contributed by atoms with Gasteiger partial charge in [-0.1, -0.05) is 6.04 Å². The summed E-state index contributed by atoms with van der Waals surface area (Å²) in [6.07, 6.45) is 0.890. The molecule has 3 radical (unpaired) electrons. The van der Waals surface area contributed by atoms with Crippen LogP contribution in [0, 0.1) is 0 Å². The van der Waals surface area contributed by atoms with E-state index >= 15 is 0 Å². The number of fused-ring (bicyclic) bond motifs is 1. The van der Waals surface area contributed by atoms with E-state index in [-0.39, 0.29) is 5.97 Å². The van der Waals surface area contributed by atoms with E-state index in [2.05, 4.69) is 10.2 Å². The predicted octanol–water partition coefficient (Wildman–Crippen LogP) is 1.76. The molecule has 1 aliphatic rings. The number of hydrogen-bond acceptors (Lipinski definition) is 4. The highest BCUT2D eigenvalue weighted by Gasteiger charge is 2.35. The zero-order chi connectivity index (χ0) is 10.4. The smallest absolute Gasteiger partial charge is 0.347 e. The topological polar surface area (TPSA) is 48.7 Å². The van der Waals surface area contributed by atoms with Gasteiger partial charge in [0.05, 0.1) is 6.61 Å². The van der Waals surface area contributed by atoms with Crippen LogP contribution in [-0.4, -0.2) is 22.8 Å². The van der Waals surface area contributed by atoms with E-state index in [1.807, 2.05) is 0 Å². The Morgan fingerprint density at radius 2 is 2.33 bits per heavy atom. The number of hydrogen-bond donors (Lipinski definition) is 0. The molecule has 0 spiro atoms. The van der Waals surface area contributed by atoms with Gasteiger partial charge in [0, 0.05) is 16.3 Å². The van der Waals surface area contributed by atoms with Gasteiger partial charge < -0.3 is 13.9 Å². The van der Waals surface area contributed by atoms with Crippen molar-refractivity contribution in [2.75, 3.05) is 6.61 Å². The molecule has 0 aliphatic carbocycles. The summed E-state index contributed by atoms with van der Waals surface area (Å²) in [5.74, 6) is 0.648. The van der Waals surface area contributed by atoms with Crippen molar-refractivity contribution in [1.29, 1.82) is 0 Å². The van der Waals surface area contributed by atoms with Crippen LogP contribution < -0.4 is 9.47 Å². The zero-order valence-corrected chi connectivity index (χ0v) is 8.83. The molecule has 0 aromatic carbocycles. The molecule has 0 fully saturated rings. The Hall–Kier alpha value is -1.49. The van der Waals surface area contributed by atoms with Crippen LogP contribution in [0.1, 0.15) is 16.8 Å². The van der Waals surface area contributed by atoms with Gasteiger partial charge in [-0.25, -0.2) is 4.79 Å². The summed E-state index contributed by atoms with van der Waals surface area (Å²) in [4.78, 5) is 11.3. The lowest BCUT2D eigenvalue weighted by Gasteiger charge is -2.03. The first-order chi connectivity index (χ1) is 7.31. The van der Waals surface area contributed by atoms with Crippen LogP contribution in [0.4, 0.5) is 0 Å². The van der Waals surface area contributed by atoms with E-state index < -0.39 is 0 Å². The minimum absolute atomic E-state index is 0.353. The Kier molecular flexibility index (Phi) is 1.76. The van der Waals surface area contributed by atoms with Crippen LogP contribution in [0.5, 0.6) is 11.5 Å². The molecule has 2 bridgehead atoms. The first kappa shape index (κ1) is 8.79. The van der Waals surface area contributed by atoms with Gasteiger partial charge in [0.25, 0.3) is 0 Å². The summed E-state index contributed by atoms with van der Waals surface area (Å²) in [5.41, 5.74) is 1.62. The lowest BCUT2D eigenvalue weighted by atomic mass is 10.2. The molecule has 2 aromatic heterocycles. The fourth-order valence-electron chi connectivity index (χ4n) is 1.66. The second kappa shape index (κ2) is 3.00. The summed E-state index contributed by atoms with van der Waals surface area (Å²) in [5, 5.41) is 0. The summed E-state index contributed by atoms with van der Waals surface area (Å²) in [7, 11) is 3.36. The average Bonchev–Trinajstić information content (AvgIpc) is 2.81. The van der Waals surface area contributed by atoms with E-state index in [1.54, 1.807) is 6.07 Å². The van der Waals surface area contributed by atoms with Crippen LogP contribution in [0.3, 0.4) is 0 Å². The van der Waals surface area contributed by atoms with Crippen LogP contribution in [0.25, 0.3) is 11.2 Å². The lowest BCUT2D eigenvalue weighted by Crippen LogP contribution is -2.00. The van der Waals surface area contributed by atoms with Crippen molar-refractivity contribution in [2.24, 2.45) is 0 Å². The van der Waals surface area contributed by atoms with Gasteiger partial charge in [0.1, 0.15) is 5.56 Å². The normalized spacial score (nSPS) is 13.8. The highest BCUT2D eigenvalue weighted by atomic mass is 28.1. The second-order valence-corrected chi connectivity index (χ2v) is 3.85. The highest BCUT2D eigenvalue weighted by Crippen LogP contribution is 2.48. The molecule has 0 amide bonds. The highest BCUT2D eigenvalue weighted by molar-refractivity contribution is 6.10. The summed E-state index contributed by atoms with van der Waals surface area (Å²) < 4.78 is 15.9. The molecule has 3 heterocycles. The quantitative estimate of drug-likeness (QED) is 0.446. The van der Waals surface area contributed by atoms with Crippen LogP contribution in [-0.2, 0) is 0 Å². The molecule has 2 aromatic rings. The predicted molar refractivity (Wildman–Crippen MR) is 53.0 cm³/mol. The van der Waals surface area contributed by atoms with Crippen molar-refractivity contribution < 1.29 is 18.7 Å². The summed E-state index contributed by atoms with van der Waals surface area (Å²) >= 11 is 0. The number of benzene rings is 1. The number of carbonyl (C=O) groups is 1. The number of rotatable bonds is 4. The van der Waals surface area contributed by atoms with Gasteiger partial charge in [-0.05, 0) is 6.42 Å². The minimum atomic E-state index is -0.353. The third-order valence-electron chi connectivity index (χ3n) is 2.35. The van der Waals surface area contributed by atoms with E-state index in [1.165, 1.54) is 0 Å². The Morgan fingerprint density at radius 1 is 1.47 bits per heavy atom. The summed E-state index contributed by atoms with van der Waals surface area (Å²) in [6, 6.07) is 2.54. The third-order valence-corrected chi connectivity index (χ3v) is 2.70. The van der Waals surface area contributed by atoms with Gasteiger partial charge in [-0.15, -0.1) is 0 Å². The standard InChI is InChI=1S/C10H7O4Si/c11-10-5-4-6-8(12-2-1-3-15)9(14-10)7(5)13-6/h4H,1-3H2. The molecule has 0 saturated heterocycles. The van der Waals surface area contributed by atoms with Crippen molar-refractivity contribution in [2.45, 2.75) is 12.5 Å². The molecule has 75 valence electrons. The van der Waals surface area contributed by atoms with Crippen molar-refractivity contribution in [3.05, 3.63) is 11.6 Å².